The fourth-order valence-electron chi connectivity index (χ4n) is 0.484. The first kappa shape index (κ1) is 6.48. The molecule has 0 aromatic rings. The molecule has 1 aliphatic heterocycles. The molecule has 0 bridgehead atoms. The molecule has 1 aliphatic rings. The van der Waals surface area contributed by atoms with Gasteiger partial charge in [-0.3, -0.25) is 3.93 Å². The van der Waals surface area contributed by atoms with Crippen LogP contribution in [0.3, 0.4) is 0 Å². The second-order valence-electron chi connectivity index (χ2n) is 1.74. The van der Waals surface area contributed by atoms with Gasteiger partial charge in [-0.25, -0.2) is 0 Å². The van der Waals surface area contributed by atoms with Crippen LogP contribution in [-0.2, 0) is 0 Å². The summed E-state index contributed by atoms with van der Waals surface area (Å²) in [5.41, 5.74) is 0. The third kappa shape index (κ3) is 1.38. The minimum atomic E-state index is 0.217. The molecular formula is C5H7BrN2O. The Bertz CT molecular complexity index is 166. The molecule has 3 nitrogen and oxygen atoms in total. The van der Waals surface area contributed by atoms with Crippen LogP contribution in [0.25, 0.3) is 0 Å². The minimum absolute atomic E-state index is 0.217. The lowest BCUT2D eigenvalue weighted by molar-refractivity contribution is 0.268. The van der Waals surface area contributed by atoms with Crippen molar-refractivity contribution in [2.24, 2.45) is 0 Å². The first-order valence-electron chi connectivity index (χ1n) is 2.46. The molecule has 0 spiro atoms. The summed E-state index contributed by atoms with van der Waals surface area (Å²) >= 11 is 3.14. The Morgan fingerprint density at radius 2 is 2.22 bits per heavy atom. The minimum Gasteiger partial charge on any atom is -0.493 e. The maximum atomic E-state index is 9.01. The van der Waals surface area contributed by atoms with Crippen molar-refractivity contribution in [3.05, 3.63) is 24.5 Å². The van der Waals surface area contributed by atoms with Gasteiger partial charge in [-0.1, -0.05) is 0 Å². The van der Waals surface area contributed by atoms with Crippen molar-refractivity contribution in [1.82, 2.24) is 8.83 Å². The Balaban J connectivity index is 2.70. The van der Waals surface area contributed by atoms with Gasteiger partial charge in [0.05, 0.1) is 22.3 Å². The summed E-state index contributed by atoms with van der Waals surface area (Å²) in [6, 6.07) is 0. The van der Waals surface area contributed by atoms with Crippen LogP contribution in [0.1, 0.15) is 0 Å². The van der Waals surface area contributed by atoms with Crippen molar-refractivity contribution in [3.63, 3.8) is 0 Å². The van der Waals surface area contributed by atoms with Crippen molar-refractivity contribution in [2.75, 3.05) is 7.05 Å². The molecule has 1 rings (SSSR count). The number of nitrogens with zero attached hydrogens (tertiary/aromatic N) is 2. The Morgan fingerprint density at radius 3 is 2.67 bits per heavy atom. The molecule has 0 atom stereocenters. The van der Waals surface area contributed by atoms with Crippen molar-refractivity contribution < 1.29 is 5.11 Å². The molecule has 0 aliphatic carbocycles. The highest BCUT2D eigenvalue weighted by Gasteiger charge is 2.03. The molecule has 0 aromatic heterocycles. The van der Waals surface area contributed by atoms with Gasteiger partial charge in [0.1, 0.15) is 0 Å². The third-order valence-corrected chi connectivity index (χ3v) is 1.47. The largest absolute Gasteiger partial charge is 0.493 e. The van der Waals surface area contributed by atoms with Crippen molar-refractivity contribution in [2.45, 2.75) is 0 Å². The van der Waals surface area contributed by atoms with E-state index in [2.05, 4.69) is 16.1 Å². The van der Waals surface area contributed by atoms with Gasteiger partial charge >= 0.3 is 0 Å². The highest BCUT2D eigenvalue weighted by Crippen LogP contribution is 2.11. The highest BCUT2D eigenvalue weighted by molar-refractivity contribution is 9.07. The summed E-state index contributed by atoms with van der Waals surface area (Å²) in [5.74, 6) is 0.217. The molecule has 1 heterocycles. The van der Waals surface area contributed by atoms with E-state index in [1.165, 1.54) is 0 Å². The summed E-state index contributed by atoms with van der Waals surface area (Å²) in [6.45, 7) is 0. The van der Waals surface area contributed by atoms with Crippen LogP contribution >= 0.6 is 16.1 Å². The van der Waals surface area contributed by atoms with Gasteiger partial charge < -0.3 is 10.0 Å². The van der Waals surface area contributed by atoms with E-state index in [-0.39, 0.29) is 5.88 Å². The van der Waals surface area contributed by atoms with E-state index in [0.29, 0.717) is 0 Å². The Hall–Kier alpha value is -0.640. The van der Waals surface area contributed by atoms with Crippen LogP contribution in [0, 0.1) is 0 Å². The van der Waals surface area contributed by atoms with Crippen LogP contribution in [0.4, 0.5) is 0 Å². The lowest BCUT2D eigenvalue weighted by atomic mass is 10.6. The summed E-state index contributed by atoms with van der Waals surface area (Å²) in [4.78, 5) is 1.61. The van der Waals surface area contributed by atoms with Gasteiger partial charge in [-0.05, 0) is 0 Å². The predicted octanol–water partition coefficient (Wildman–Crippen LogP) is 1.37. The van der Waals surface area contributed by atoms with E-state index < -0.39 is 0 Å². The normalized spacial score (nSPS) is 18.2. The SMILES string of the molecule is CN1C=CN(Br)C=C1O. The topological polar surface area (TPSA) is 26.7 Å². The van der Waals surface area contributed by atoms with E-state index >= 15 is 0 Å². The van der Waals surface area contributed by atoms with Crippen molar-refractivity contribution >= 4 is 16.1 Å². The number of rotatable bonds is 0. The van der Waals surface area contributed by atoms with E-state index in [0.717, 1.165) is 0 Å². The van der Waals surface area contributed by atoms with Crippen LogP contribution in [0.15, 0.2) is 24.5 Å². The lowest BCUT2D eigenvalue weighted by Gasteiger charge is -2.19. The Labute approximate surface area is 62.2 Å². The molecule has 0 amide bonds. The predicted molar refractivity (Wildman–Crippen MR) is 38.4 cm³/mol. The van der Waals surface area contributed by atoms with Crippen LogP contribution in [-0.4, -0.2) is 21.0 Å². The fourth-order valence-corrected chi connectivity index (χ4v) is 0.773. The summed E-state index contributed by atoms with van der Waals surface area (Å²) < 4.78 is 1.60. The maximum Gasteiger partial charge on any atom is 0.208 e. The molecule has 0 radical (unpaired) electrons. The molecule has 4 heteroatoms. The lowest BCUT2D eigenvalue weighted by Crippen LogP contribution is -2.16. The quantitative estimate of drug-likeness (QED) is 0.585. The monoisotopic (exact) mass is 190 g/mol. The van der Waals surface area contributed by atoms with Gasteiger partial charge in [0, 0.05) is 19.4 Å². The first-order valence-corrected chi connectivity index (χ1v) is 3.17. The second kappa shape index (κ2) is 2.31. The van der Waals surface area contributed by atoms with E-state index in [1.54, 1.807) is 34.5 Å². The van der Waals surface area contributed by atoms with E-state index in [4.69, 9.17) is 5.11 Å². The standard InChI is InChI=1S/C5H7BrN2O/c1-7-2-3-8(6)4-5(7)9/h2-4,9H,1H3. The molecular weight excluding hydrogens is 184 g/mol. The smallest absolute Gasteiger partial charge is 0.208 e. The molecule has 0 aromatic carbocycles. The molecule has 50 valence electrons. The van der Waals surface area contributed by atoms with Gasteiger partial charge in [0.2, 0.25) is 5.88 Å². The zero-order valence-electron chi connectivity index (χ0n) is 4.95. The maximum absolute atomic E-state index is 9.01. The Morgan fingerprint density at radius 1 is 1.56 bits per heavy atom. The zero-order valence-corrected chi connectivity index (χ0v) is 6.54. The Kier molecular flexibility index (Phi) is 1.66. The number of halogens is 1. The average Bonchev–Trinajstić information content (AvgIpc) is 1.80. The van der Waals surface area contributed by atoms with E-state index in [9.17, 15) is 0 Å². The van der Waals surface area contributed by atoms with Crippen LogP contribution in [0.2, 0.25) is 0 Å². The van der Waals surface area contributed by atoms with Gasteiger partial charge in [-0.15, -0.1) is 0 Å². The van der Waals surface area contributed by atoms with Crippen molar-refractivity contribution in [3.8, 4) is 0 Å². The molecule has 0 saturated heterocycles. The van der Waals surface area contributed by atoms with Gasteiger partial charge in [-0.2, -0.15) is 0 Å². The second-order valence-corrected chi connectivity index (χ2v) is 2.56. The number of aliphatic hydroxyl groups is 1. The molecule has 0 unspecified atom stereocenters. The van der Waals surface area contributed by atoms with Crippen LogP contribution < -0.4 is 0 Å². The summed E-state index contributed by atoms with van der Waals surface area (Å²) in [7, 11) is 1.77. The number of hydrogen-bond acceptors (Lipinski definition) is 3. The molecule has 9 heavy (non-hydrogen) atoms. The highest BCUT2D eigenvalue weighted by atomic mass is 79.9. The average molecular weight is 191 g/mol. The van der Waals surface area contributed by atoms with Gasteiger partial charge in [0.25, 0.3) is 0 Å². The number of hydrogen-bond donors (Lipinski definition) is 1. The molecule has 0 saturated carbocycles. The zero-order chi connectivity index (χ0) is 6.85. The first-order chi connectivity index (χ1) is 4.20. The summed E-state index contributed by atoms with van der Waals surface area (Å²) in [6.07, 6.45) is 5.07. The molecule has 1 N–H and O–H groups in total. The van der Waals surface area contributed by atoms with Gasteiger partial charge in [0.15, 0.2) is 0 Å². The number of aliphatic hydroxyl groups excluding tert-OH is 1. The van der Waals surface area contributed by atoms with E-state index in [1.807, 2.05) is 0 Å². The fraction of sp³-hybridized carbons (Fsp3) is 0.200. The van der Waals surface area contributed by atoms with Crippen LogP contribution in [0.5, 0.6) is 0 Å². The van der Waals surface area contributed by atoms with Crippen molar-refractivity contribution in [1.29, 1.82) is 0 Å². The summed E-state index contributed by atoms with van der Waals surface area (Å²) in [5, 5.41) is 9.01. The third-order valence-electron chi connectivity index (χ3n) is 1.03. The molecule has 0 fully saturated rings.